The molecule has 8 heteroatoms. The number of esters is 1. The van der Waals surface area contributed by atoms with Gasteiger partial charge in [-0.3, -0.25) is 9.52 Å². The number of benzene rings is 1. The summed E-state index contributed by atoms with van der Waals surface area (Å²) in [7, 11) is -2.89. The molecule has 0 aliphatic heterocycles. The number of methoxy groups -OCH3 is 1. The molecule has 17 heavy (non-hydrogen) atoms. The highest BCUT2D eigenvalue weighted by molar-refractivity contribution is 7.93. The standard InChI is InChI=1S/C9H10FNO5S/c1-16-9(13)5-17(14,15)11-6-2-3-8(12)7(10)4-6/h2-4,11-12H,5H2,1H3. The molecule has 1 aromatic rings. The van der Waals surface area contributed by atoms with E-state index in [1.54, 1.807) is 0 Å². The maximum absolute atomic E-state index is 12.9. The third-order valence-electron chi connectivity index (χ3n) is 1.76. The SMILES string of the molecule is COC(=O)CS(=O)(=O)Nc1ccc(O)c(F)c1. The molecule has 0 spiro atoms. The van der Waals surface area contributed by atoms with Crippen LogP contribution >= 0.6 is 0 Å². The van der Waals surface area contributed by atoms with Gasteiger partial charge in [0, 0.05) is 6.07 Å². The van der Waals surface area contributed by atoms with Crippen LogP contribution in [0.2, 0.25) is 0 Å². The molecule has 0 amide bonds. The van der Waals surface area contributed by atoms with Crippen molar-refractivity contribution >= 4 is 21.7 Å². The van der Waals surface area contributed by atoms with E-state index >= 15 is 0 Å². The van der Waals surface area contributed by atoms with Gasteiger partial charge in [-0.2, -0.15) is 0 Å². The van der Waals surface area contributed by atoms with Gasteiger partial charge in [-0.25, -0.2) is 12.8 Å². The Morgan fingerprint density at radius 3 is 2.71 bits per heavy atom. The summed E-state index contributed by atoms with van der Waals surface area (Å²) in [6.45, 7) is 0. The summed E-state index contributed by atoms with van der Waals surface area (Å²) in [5.41, 5.74) is -0.0933. The molecule has 6 nitrogen and oxygen atoms in total. The third-order valence-corrected chi connectivity index (χ3v) is 2.92. The molecule has 0 atom stereocenters. The number of rotatable bonds is 4. The number of phenolic OH excluding ortho intramolecular Hbond substituents is 1. The van der Waals surface area contributed by atoms with E-state index < -0.39 is 33.3 Å². The molecule has 94 valence electrons. The summed E-state index contributed by atoms with van der Waals surface area (Å²) >= 11 is 0. The Bertz CT molecular complexity index is 528. The highest BCUT2D eigenvalue weighted by Crippen LogP contribution is 2.20. The number of hydrogen-bond acceptors (Lipinski definition) is 5. The first-order valence-corrected chi connectivity index (χ1v) is 6.05. The molecular formula is C9H10FNO5S. The maximum atomic E-state index is 12.9. The molecule has 0 saturated carbocycles. The Balaban J connectivity index is 2.83. The van der Waals surface area contributed by atoms with Crippen LogP contribution in [0.3, 0.4) is 0 Å². The van der Waals surface area contributed by atoms with Crippen molar-refractivity contribution in [3.8, 4) is 5.75 Å². The summed E-state index contributed by atoms with van der Waals surface area (Å²) in [4.78, 5) is 10.8. The van der Waals surface area contributed by atoms with Gasteiger partial charge >= 0.3 is 5.97 Å². The van der Waals surface area contributed by atoms with E-state index in [-0.39, 0.29) is 5.69 Å². The Morgan fingerprint density at radius 1 is 1.53 bits per heavy atom. The minimum Gasteiger partial charge on any atom is -0.505 e. The summed E-state index contributed by atoms with van der Waals surface area (Å²) in [5.74, 6) is -3.37. The zero-order valence-electron chi connectivity index (χ0n) is 8.81. The molecule has 0 aliphatic rings. The molecule has 0 bridgehead atoms. The normalized spacial score (nSPS) is 10.9. The highest BCUT2D eigenvalue weighted by atomic mass is 32.2. The fraction of sp³-hybridized carbons (Fsp3) is 0.222. The van der Waals surface area contributed by atoms with Gasteiger partial charge in [-0.05, 0) is 12.1 Å². The van der Waals surface area contributed by atoms with Gasteiger partial charge in [0.2, 0.25) is 10.0 Å². The van der Waals surface area contributed by atoms with Gasteiger partial charge in [-0.15, -0.1) is 0 Å². The molecule has 0 unspecified atom stereocenters. The van der Waals surface area contributed by atoms with Crippen molar-refractivity contribution in [3.63, 3.8) is 0 Å². The number of anilines is 1. The number of phenols is 1. The van der Waals surface area contributed by atoms with Gasteiger partial charge in [0.05, 0.1) is 12.8 Å². The number of aromatic hydroxyl groups is 1. The monoisotopic (exact) mass is 263 g/mol. The lowest BCUT2D eigenvalue weighted by Crippen LogP contribution is -2.23. The van der Waals surface area contributed by atoms with Gasteiger partial charge in [0.25, 0.3) is 0 Å². The number of nitrogens with one attached hydrogen (secondary N) is 1. The number of carbonyl (C=O) groups is 1. The summed E-state index contributed by atoms with van der Waals surface area (Å²) < 4.78 is 41.8. The quantitative estimate of drug-likeness (QED) is 0.607. The zero-order valence-corrected chi connectivity index (χ0v) is 9.62. The van der Waals surface area contributed by atoms with Gasteiger partial charge in [-0.1, -0.05) is 0 Å². The lowest BCUT2D eigenvalue weighted by atomic mass is 10.3. The number of carbonyl (C=O) groups excluding carboxylic acids is 1. The second kappa shape index (κ2) is 5.00. The first kappa shape index (κ1) is 13.2. The van der Waals surface area contributed by atoms with Crippen LogP contribution in [-0.4, -0.2) is 32.4 Å². The fourth-order valence-corrected chi connectivity index (χ4v) is 1.99. The fourth-order valence-electron chi connectivity index (χ4n) is 1.00. The topological polar surface area (TPSA) is 92.7 Å². The lowest BCUT2D eigenvalue weighted by Gasteiger charge is -2.07. The van der Waals surface area contributed by atoms with E-state index in [1.165, 1.54) is 0 Å². The van der Waals surface area contributed by atoms with Crippen molar-refractivity contribution in [1.82, 2.24) is 0 Å². The Morgan fingerprint density at radius 2 is 2.18 bits per heavy atom. The summed E-state index contributed by atoms with van der Waals surface area (Å²) in [5, 5.41) is 8.90. The molecule has 0 fully saturated rings. The smallest absolute Gasteiger partial charge is 0.322 e. The minimum atomic E-state index is -3.95. The molecule has 0 aromatic heterocycles. The van der Waals surface area contributed by atoms with E-state index in [9.17, 15) is 17.6 Å². The molecule has 0 heterocycles. The first-order valence-electron chi connectivity index (χ1n) is 4.40. The van der Waals surface area contributed by atoms with E-state index in [1.807, 2.05) is 4.72 Å². The molecular weight excluding hydrogens is 253 g/mol. The third kappa shape index (κ3) is 3.91. The lowest BCUT2D eigenvalue weighted by molar-refractivity contribution is -0.137. The van der Waals surface area contributed by atoms with Crippen LogP contribution in [0.15, 0.2) is 18.2 Å². The second-order valence-electron chi connectivity index (χ2n) is 3.10. The van der Waals surface area contributed by atoms with Gasteiger partial charge < -0.3 is 9.84 Å². The van der Waals surface area contributed by atoms with Crippen LogP contribution in [-0.2, 0) is 19.6 Å². The van der Waals surface area contributed by atoms with Crippen LogP contribution in [0.5, 0.6) is 5.75 Å². The minimum absolute atomic E-state index is 0.0933. The van der Waals surface area contributed by atoms with Gasteiger partial charge in [0.1, 0.15) is 0 Å². The van der Waals surface area contributed by atoms with Crippen LogP contribution in [0.4, 0.5) is 10.1 Å². The molecule has 0 saturated heterocycles. The van der Waals surface area contributed by atoms with Crippen molar-refractivity contribution in [2.24, 2.45) is 0 Å². The molecule has 0 radical (unpaired) electrons. The Labute approximate surface area is 97.1 Å². The van der Waals surface area contributed by atoms with Crippen molar-refractivity contribution in [2.75, 3.05) is 17.6 Å². The molecule has 1 aromatic carbocycles. The Hall–Kier alpha value is -1.83. The summed E-state index contributed by atoms with van der Waals surface area (Å²) in [6, 6.07) is 2.95. The van der Waals surface area contributed by atoms with Crippen LogP contribution in [0.25, 0.3) is 0 Å². The molecule has 2 N–H and O–H groups in total. The summed E-state index contributed by atoms with van der Waals surface area (Å²) in [6.07, 6.45) is 0. The first-order chi connectivity index (χ1) is 7.84. The van der Waals surface area contributed by atoms with Crippen LogP contribution in [0, 0.1) is 5.82 Å². The van der Waals surface area contributed by atoms with Crippen molar-refractivity contribution in [2.45, 2.75) is 0 Å². The van der Waals surface area contributed by atoms with E-state index in [0.29, 0.717) is 0 Å². The van der Waals surface area contributed by atoms with Crippen molar-refractivity contribution in [3.05, 3.63) is 24.0 Å². The van der Waals surface area contributed by atoms with Gasteiger partial charge in [0.15, 0.2) is 17.3 Å². The van der Waals surface area contributed by atoms with Crippen LogP contribution < -0.4 is 4.72 Å². The van der Waals surface area contributed by atoms with E-state index in [4.69, 9.17) is 5.11 Å². The number of hydrogen-bond donors (Lipinski definition) is 2. The second-order valence-corrected chi connectivity index (χ2v) is 4.83. The Kier molecular flexibility index (Phi) is 3.89. The average molecular weight is 263 g/mol. The van der Waals surface area contributed by atoms with Crippen molar-refractivity contribution in [1.29, 1.82) is 0 Å². The van der Waals surface area contributed by atoms with Crippen LogP contribution in [0.1, 0.15) is 0 Å². The number of halogens is 1. The predicted molar refractivity (Wildman–Crippen MR) is 57.5 cm³/mol. The molecule has 0 aliphatic carbocycles. The zero-order chi connectivity index (χ0) is 13.1. The number of ether oxygens (including phenoxy) is 1. The predicted octanol–water partition coefficient (Wildman–Crippen LogP) is 0.446. The maximum Gasteiger partial charge on any atom is 0.322 e. The van der Waals surface area contributed by atoms with Crippen molar-refractivity contribution < 1.29 is 27.4 Å². The van der Waals surface area contributed by atoms with E-state index in [2.05, 4.69) is 4.74 Å². The number of sulfonamides is 1. The highest BCUT2D eigenvalue weighted by Gasteiger charge is 2.17. The molecule has 1 rings (SSSR count). The van der Waals surface area contributed by atoms with E-state index in [0.717, 1.165) is 25.3 Å². The average Bonchev–Trinajstić information content (AvgIpc) is 2.22. The largest absolute Gasteiger partial charge is 0.505 e.